The summed E-state index contributed by atoms with van der Waals surface area (Å²) in [6, 6.07) is 0. The van der Waals surface area contributed by atoms with Crippen LogP contribution in [0.1, 0.15) is 185 Å². The molecule has 0 aliphatic carbocycles. The van der Waals surface area contributed by atoms with Crippen LogP contribution in [-0.2, 0) is 9.56 Å². The molecule has 0 fully saturated rings. The number of rotatable bonds is 33. The van der Waals surface area contributed by atoms with Crippen molar-refractivity contribution < 1.29 is 14.0 Å². The van der Waals surface area contributed by atoms with Crippen LogP contribution in [0.3, 0.4) is 0 Å². The Balaban J connectivity index is 4.56. The maximum absolute atomic E-state index is 6.09. The second kappa shape index (κ2) is 30.3. The van der Waals surface area contributed by atoms with Gasteiger partial charge in [0.05, 0.1) is 29.3 Å². The highest BCUT2D eigenvalue weighted by Gasteiger charge is 2.13. The van der Waals surface area contributed by atoms with Crippen molar-refractivity contribution in [1.82, 2.24) is 0 Å². The van der Waals surface area contributed by atoms with Gasteiger partial charge in [-0.2, -0.15) is 0 Å². The molecule has 0 aliphatic heterocycles. The third kappa shape index (κ3) is 34.6. The smallest absolute Gasteiger partial charge is 0.131 e. The second-order valence-electron chi connectivity index (χ2n) is 18.6. The fourth-order valence-electron chi connectivity index (χ4n) is 6.69. The van der Waals surface area contributed by atoms with Crippen LogP contribution in [0.2, 0.25) is 0 Å². The Bertz CT molecular complexity index is 757. The lowest BCUT2D eigenvalue weighted by Crippen LogP contribution is -2.37. The fraction of sp³-hybridized carbons (Fsp3) is 0.911. The van der Waals surface area contributed by atoms with Gasteiger partial charge in [-0.1, -0.05) is 169 Å². The van der Waals surface area contributed by atoms with E-state index in [-0.39, 0.29) is 0 Å². The second-order valence-corrected chi connectivity index (χ2v) is 20.4. The number of allylic oxidation sites excluding steroid dienone is 4. The summed E-state index contributed by atoms with van der Waals surface area (Å²) < 4.78 is 6.98. The largest absolute Gasteiger partial charge is 0.329 e. The van der Waals surface area contributed by atoms with Crippen molar-refractivity contribution in [3.63, 3.8) is 0 Å². The van der Waals surface area contributed by atoms with Gasteiger partial charge >= 0.3 is 0 Å². The quantitative estimate of drug-likeness (QED) is 0.0169. The molecule has 292 valence electrons. The maximum Gasteiger partial charge on any atom is 0.131 e. The Morgan fingerprint density at radius 1 is 0.510 bits per heavy atom. The summed E-state index contributed by atoms with van der Waals surface area (Å²) in [6.07, 6.45) is 31.5. The summed E-state index contributed by atoms with van der Waals surface area (Å²) in [5, 5.41) is 0. The van der Waals surface area contributed by atoms with Crippen molar-refractivity contribution in [2.24, 2.45) is 35.5 Å². The Kier molecular flexibility index (Phi) is 30.1. The molecule has 4 atom stereocenters. The summed E-state index contributed by atoms with van der Waals surface area (Å²) in [5.74, 6) is 5.17. The topological polar surface area (TPSA) is 18.5 Å². The van der Waals surface area contributed by atoms with Crippen LogP contribution in [0.4, 0.5) is 0 Å². The van der Waals surface area contributed by atoms with Crippen LogP contribution in [0.5, 0.6) is 0 Å². The monoisotopic (exact) mass is 709 g/mol. The van der Waals surface area contributed by atoms with Crippen molar-refractivity contribution >= 4 is 8.15 Å². The Labute approximate surface area is 311 Å². The zero-order chi connectivity index (χ0) is 37.1. The summed E-state index contributed by atoms with van der Waals surface area (Å²) in [6.45, 7) is 25.5. The van der Waals surface area contributed by atoms with E-state index in [9.17, 15) is 0 Å². The van der Waals surface area contributed by atoms with Gasteiger partial charge in [0.1, 0.15) is 13.2 Å². The third-order valence-corrected chi connectivity index (χ3v) is 12.1. The van der Waals surface area contributed by atoms with Gasteiger partial charge in [-0.3, -0.25) is 0 Å². The first-order valence-electron chi connectivity index (χ1n) is 21.2. The standard InChI is InChI=1S/C45H91NO2P/c1-38(2)20-14-22-40(5)24-16-26-42(7)28-18-30-44(9)32-36-49(48-47-35-34-46(11,12)13)37-33-45(10)31-19-29-43(8)27-17-25-41(6)23-15-21-39(3)4/h32-33,38-43H,14-31,34-37H2,1-13H3/q+1/b44-32+,45-33+/t40-,41-,42-,43-/m1/s1. The average molecular weight is 709 g/mol. The van der Waals surface area contributed by atoms with Gasteiger partial charge in [-0.15, -0.1) is 0 Å². The van der Waals surface area contributed by atoms with E-state index in [0.717, 1.165) is 58.9 Å². The molecule has 0 N–H and O–H groups in total. The van der Waals surface area contributed by atoms with E-state index in [2.05, 4.69) is 103 Å². The van der Waals surface area contributed by atoms with Crippen LogP contribution < -0.4 is 0 Å². The molecule has 0 aromatic carbocycles. The number of likely N-dealkylation sites (N-methyl/N-ethyl adjacent to an activating group) is 1. The minimum Gasteiger partial charge on any atom is -0.329 e. The molecule has 0 radical (unpaired) electrons. The Hall–Kier alpha value is -0.210. The van der Waals surface area contributed by atoms with Crippen molar-refractivity contribution in [3.8, 4) is 0 Å². The molecule has 0 saturated carbocycles. The van der Waals surface area contributed by atoms with E-state index in [1.807, 2.05) is 0 Å². The molecule has 0 rings (SSSR count). The zero-order valence-corrected chi connectivity index (χ0v) is 36.8. The van der Waals surface area contributed by atoms with Gasteiger partial charge in [-0.25, -0.2) is 9.56 Å². The number of quaternary nitrogens is 1. The molecular weight excluding hydrogens is 617 g/mol. The van der Waals surface area contributed by atoms with Gasteiger partial charge in [0.2, 0.25) is 0 Å². The normalized spacial score (nSPS) is 15.8. The van der Waals surface area contributed by atoms with Crippen LogP contribution in [0.25, 0.3) is 0 Å². The predicted molar refractivity (Wildman–Crippen MR) is 224 cm³/mol. The Morgan fingerprint density at radius 2 is 0.837 bits per heavy atom. The lowest BCUT2D eigenvalue weighted by Gasteiger charge is -2.23. The van der Waals surface area contributed by atoms with E-state index in [4.69, 9.17) is 9.56 Å². The first-order chi connectivity index (χ1) is 23.1. The van der Waals surface area contributed by atoms with Gasteiger partial charge < -0.3 is 4.48 Å². The molecular formula is C45H91NO2P+. The molecule has 4 heteroatoms. The molecule has 0 amide bonds. The van der Waals surface area contributed by atoms with Crippen molar-refractivity contribution in [2.75, 3.05) is 46.6 Å². The first-order valence-corrected chi connectivity index (χ1v) is 22.9. The molecule has 0 unspecified atom stereocenters. The lowest BCUT2D eigenvalue weighted by atomic mass is 9.91. The average Bonchev–Trinajstić information content (AvgIpc) is 2.99. The van der Waals surface area contributed by atoms with E-state index in [1.165, 1.54) is 127 Å². The highest BCUT2D eigenvalue weighted by molar-refractivity contribution is 7.52. The molecule has 0 aromatic heterocycles. The summed E-state index contributed by atoms with van der Waals surface area (Å²) in [5.41, 5.74) is 3.04. The molecule has 0 heterocycles. The van der Waals surface area contributed by atoms with Gasteiger partial charge in [0, 0.05) is 12.3 Å². The van der Waals surface area contributed by atoms with Crippen LogP contribution in [0.15, 0.2) is 23.3 Å². The van der Waals surface area contributed by atoms with Crippen LogP contribution in [-0.4, -0.2) is 51.1 Å². The summed E-state index contributed by atoms with van der Waals surface area (Å²) in [7, 11) is 5.96. The van der Waals surface area contributed by atoms with Gasteiger partial charge in [-0.05, 0) is 75.0 Å². The third-order valence-electron chi connectivity index (χ3n) is 10.6. The Morgan fingerprint density at radius 3 is 1.16 bits per heavy atom. The van der Waals surface area contributed by atoms with E-state index < -0.39 is 8.15 Å². The van der Waals surface area contributed by atoms with Crippen LogP contribution >= 0.6 is 8.15 Å². The summed E-state index contributed by atoms with van der Waals surface area (Å²) in [4.78, 5) is 5.79. The molecule has 0 aliphatic rings. The van der Waals surface area contributed by atoms with Crippen LogP contribution in [0, 0.1) is 35.5 Å². The fourth-order valence-corrected chi connectivity index (χ4v) is 8.22. The van der Waals surface area contributed by atoms with E-state index >= 15 is 0 Å². The molecule has 0 aromatic rings. The molecule has 0 saturated heterocycles. The SMILES string of the molecule is C/C(=C\CP(C/C=C(\C)CCC[C@H](C)CCC[C@H](C)CCCC(C)C)OOCC[N+](C)(C)C)CCC[C@H](C)CCC[C@H](C)CCCC(C)C. The number of nitrogens with zero attached hydrogens (tertiary/aromatic N) is 1. The molecule has 0 spiro atoms. The van der Waals surface area contributed by atoms with E-state index in [0.29, 0.717) is 6.61 Å². The van der Waals surface area contributed by atoms with Crippen molar-refractivity contribution in [3.05, 3.63) is 23.3 Å². The first kappa shape index (κ1) is 48.8. The predicted octanol–water partition coefficient (Wildman–Crippen LogP) is 14.8. The minimum absolute atomic E-state index is 0.650. The van der Waals surface area contributed by atoms with Crippen molar-refractivity contribution in [1.29, 1.82) is 0 Å². The zero-order valence-electron chi connectivity index (χ0n) is 35.9. The highest BCUT2D eigenvalue weighted by atomic mass is 31.1. The van der Waals surface area contributed by atoms with Gasteiger partial charge in [0.25, 0.3) is 0 Å². The number of hydrogen-bond donors (Lipinski definition) is 0. The van der Waals surface area contributed by atoms with Crippen molar-refractivity contribution in [2.45, 2.75) is 185 Å². The van der Waals surface area contributed by atoms with Gasteiger partial charge in [0.15, 0.2) is 0 Å². The number of hydrogen-bond acceptors (Lipinski definition) is 2. The molecule has 0 bridgehead atoms. The lowest BCUT2D eigenvalue weighted by molar-refractivity contribution is -0.871. The summed E-state index contributed by atoms with van der Waals surface area (Å²) >= 11 is 0. The maximum atomic E-state index is 6.09. The highest BCUT2D eigenvalue weighted by Crippen LogP contribution is 2.38. The molecule has 3 nitrogen and oxygen atoms in total. The minimum atomic E-state index is -0.656. The van der Waals surface area contributed by atoms with E-state index in [1.54, 1.807) is 0 Å². The molecule has 49 heavy (non-hydrogen) atoms.